The van der Waals surface area contributed by atoms with Crippen molar-refractivity contribution in [3.05, 3.63) is 35.4 Å². The lowest BCUT2D eigenvalue weighted by Gasteiger charge is -2.40. The van der Waals surface area contributed by atoms with E-state index in [1.165, 1.54) is 5.56 Å². The topological polar surface area (TPSA) is 47.3 Å². The summed E-state index contributed by atoms with van der Waals surface area (Å²) in [5, 5.41) is 9.17. The SMILES string of the molecule is Cc1cccc(CC(=O)N2CCN(C(C)(C)C#N)CC2)c1. The number of hydrogen-bond acceptors (Lipinski definition) is 3. The van der Waals surface area contributed by atoms with Gasteiger partial charge < -0.3 is 4.90 Å². The van der Waals surface area contributed by atoms with Gasteiger partial charge in [-0.1, -0.05) is 29.8 Å². The van der Waals surface area contributed by atoms with Gasteiger partial charge in [-0.15, -0.1) is 0 Å². The van der Waals surface area contributed by atoms with Crippen LogP contribution in [0.25, 0.3) is 0 Å². The van der Waals surface area contributed by atoms with Gasteiger partial charge in [0.25, 0.3) is 0 Å². The lowest BCUT2D eigenvalue weighted by molar-refractivity contribution is -0.132. The molecule has 4 nitrogen and oxygen atoms in total. The van der Waals surface area contributed by atoms with Crippen LogP contribution in [0, 0.1) is 18.3 Å². The molecule has 0 bridgehead atoms. The minimum atomic E-state index is -0.453. The van der Waals surface area contributed by atoms with E-state index in [2.05, 4.69) is 17.0 Å². The summed E-state index contributed by atoms with van der Waals surface area (Å²) in [4.78, 5) is 16.4. The number of nitriles is 1. The summed E-state index contributed by atoms with van der Waals surface area (Å²) in [5.74, 6) is 0.176. The van der Waals surface area contributed by atoms with Gasteiger partial charge in [-0.25, -0.2) is 0 Å². The average molecular weight is 285 g/mol. The van der Waals surface area contributed by atoms with E-state index in [-0.39, 0.29) is 5.91 Å². The van der Waals surface area contributed by atoms with Crippen LogP contribution in [0.4, 0.5) is 0 Å². The van der Waals surface area contributed by atoms with Crippen molar-refractivity contribution in [3.63, 3.8) is 0 Å². The third-order valence-corrected chi connectivity index (χ3v) is 4.13. The maximum atomic E-state index is 12.3. The third kappa shape index (κ3) is 3.83. The van der Waals surface area contributed by atoms with E-state index < -0.39 is 5.54 Å². The molecule has 0 radical (unpaired) electrons. The molecular weight excluding hydrogens is 262 g/mol. The van der Waals surface area contributed by atoms with Gasteiger partial charge in [-0.05, 0) is 26.3 Å². The Balaban J connectivity index is 1.91. The number of aryl methyl sites for hydroxylation is 1. The summed E-state index contributed by atoms with van der Waals surface area (Å²) in [6.07, 6.45) is 0.462. The van der Waals surface area contributed by atoms with Crippen LogP contribution in [-0.2, 0) is 11.2 Å². The first-order valence-corrected chi connectivity index (χ1v) is 7.42. The number of amides is 1. The second-order valence-electron chi connectivity index (χ2n) is 6.20. The van der Waals surface area contributed by atoms with Gasteiger partial charge in [0.15, 0.2) is 0 Å². The van der Waals surface area contributed by atoms with Crippen LogP contribution in [0.2, 0.25) is 0 Å². The van der Waals surface area contributed by atoms with Gasteiger partial charge in [0.1, 0.15) is 5.54 Å². The summed E-state index contributed by atoms with van der Waals surface area (Å²) in [5.41, 5.74) is 1.80. The van der Waals surface area contributed by atoms with Crippen LogP contribution < -0.4 is 0 Å². The number of carbonyl (C=O) groups excluding carboxylic acids is 1. The van der Waals surface area contributed by atoms with Gasteiger partial charge in [-0.3, -0.25) is 9.69 Å². The predicted molar refractivity (Wildman–Crippen MR) is 82.7 cm³/mol. The Morgan fingerprint density at radius 2 is 1.95 bits per heavy atom. The molecule has 0 spiro atoms. The molecule has 0 N–H and O–H groups in total. The first kappa shape index (κ1) is 15.5. The molecule has 1 aromatic carbocycles. The van der Waals surface area contributed by atoms with E-state index >= 15 is 0 Å². The van der Waals surface area contributed by atoms with Gasteiger partial charge in [0, 0.05) is 26.2 Å². The molecular formula is C17H23N3O. The minimum absolute atomic E-state index is 0.176. The highest BCUT2D eigenvalue weighted by Crippen LogP contribution is 2.16. The lowest BCUT2D eigenvalue weighted by atomic mass is 10.0. The molecule has 1 aliphatic heterocycles. The van der Waals surface area contributed by atoms with Crippen LogP contribution in [0.3, 0.4) is 0 Å². The largest absolute Gasteiger partial charge is 0.340 e. The Hall–Kier alpha value is -1.86. The smallest absolute Gasteiger partial charge is 0.227 e. The average Bonchev–Trinajstić information content (AvgIpc) is 2.47. The zero-order chi connectivity index (χ0) is 15.5. The zero-order valence-electron chi connectivity index (χ0n) is 13.1. The highest BCUT2D eigenvalue weighted by atomic mass is 16.2. The van der Waals surface area contributed by atoms with Gasteiger partial charge >= 0.3 is 0 Å². The van der Waals surface area contributed by atoms with Crippen molar-refractivity contribution in [2.24, 2.45) is 0 Å². The highest BCUT2D eigenvalue weighted by Gasteiger charge is 2.30. The molecule has 1 aromatic rings. The Morgan fingerprint density at radius 3 is 2.52 bits per heavy atom. The highest BCUT2D eigenvalue weighted by molar-refractivity contribution is 5.79. The Kier molecular flexibility index (Phi) is 4.64. The van der Waals surface area contributed by atoms with Gasteiger partial charge in [0.2, 0.25) is 5.91 Å². The molecule has 1 fully saturated rings. The van der Waals surface area contributed by atoms with Crippen LogP contribution in [0.1, 0.15) is 25.0 Å². The molecule has 0 saturated carbocycles. The van der Waals surface area contributed by atoms with E-state index in [9.17, 15) is 4.79 Å². The van der Waals surface area contributed by atoms with Crippen molar-refractivity contribution >= 4 is 5.91 Å². The lowest BCUT2D eigenvalue weighted by Crippen LogP contribution is -2.55. The predicted octanol–water partition coefficient (Wildman–Crippen LogP) is 1.98. The fraction of sp³-hybridized carbons (Fsp3) is 0.529. The first-order chi connectivity index (χ1) is 9.92. The third-order valence-electron chi connectivity index (χ3n) is 4.13. The molecule has 1 aliphatic rings. The van der Waals surface area contributed by atoms with Gasteiger partial charge in [-0.2, -0.15) is 5.26 Å². The normalized spacial score (nSPS) is 16.6. The van der Waals surface area contributed by atoms with Crippen molar-refractivity contribution < 1.29 is 4.79 Å². The summed E-state index contributed by atoms with van der Waals surface area (Å²) < 4.78 is 0. The fourth-order valence-electron chi connectivity index (χ4n) is 2.69. The summed E-state index contributed by atoms with van der Waals surface area (Å²) in [7, 11) is 0. The van der Waals surface area contributed by atoms with E-state index in [0.29, 0.717) is 19.5 Å². The standard InChI is InChI=1S/C17H23N3O/c1-14-5-4-6-15(11-14)12-16(21)19-7-9-20(10-8-19)17(2,3)13-18/h4-6,11H,7-10,12H2,1-3H3. The quantitative estimate of drug-likeness (QED) is 0.853. The molecule has 0 aliphatic carbocycles. The number of rotatable bonds is 3. The Morgan fingerprint density at radius 1 is 1.29 bits per heavy atom. The van der Waals surface area contributed by atoms with Crippen LogP contribution in [0.5, 0.6) is 0 Å². The second kappa shape index (κ2) is 6.28. The zero-order valence-corrected chi connectivity index (χ0v) is 13.1. The van der Waals surface area contributed by atoms with Crippen LogP contribution in [-0.4, -0.2) is 47.4 Å². The number of piperazine rings is 1. The summed E-state index contributed by atoms with van der Waals surface area (Å²) in [6, 6.07) is 10.4. The Bertz CT molecular complexity index is 551. The van der Waals surface area contributed by atoms with E-state index in [1.807, 2.05) is 43.9 Å². The molecule has 1 saturated heterocycles. The van der Waals surface area contributed by atoms with Crippen molar-refractivity contribution in [1.82, 2.24) is 9.80 Å². The Labute approximate surface area is 127 Å². The monoisotopic (exact) mass is 285 g/mol. The van der Waals surface area contributed by atoms with Crippen molar-refractivity contribution in [2.45, 2.75) is 32.7 Å². The second-order valence-corrected chi connectivity index (χ2v) is 6.20. The summed E-state index contributed by atoms with van der Waals surface area (Å²) in [6.45, 7) is 8.83. The van der Waals surface area contributed by atoms with E-state index in [0.717, 1.165) is 18.7 Å². The van der Waals surface area contributed by atoms with Crippen molar-refractivity contribution in [3.8, 4) is 6.07 Å². The summed E-state index contributed by atoms with van der Waals surface area (Å²) >= 11 is 0. The van der Waals surface area contributed by atoms with Crippen LogP contribution >= 0.6 is 0 Å². The van der Waals surface area contributed by atoms with E-state index in [4.69, 9.17) is 5.26 Å². The number of hydrogen-bond donors (Lipinski definition) is 0. The molecule has 0 aromatic heterocycles. The molecule has 112 valence electrons. The number of benzene rings is 1. The molecule has 1 heterocycles. The van der Waals surface area contributed by atoms with Crippen LogP contribution in [0.15, 0.2) is 24.3 Å². The number of nitrogens with zero attached hydrogens (tertiary/aromatic N) is 3. The van der Waals surface area contributed by atoms with Gasteiger partial charge in [0.05, 0.1) is 12.5 Å². The number of carbonyl (C=O) groups is 1. The fourth-order valence-corrected chi connectivity index (χ4v) is 2.69. The first-order valence-electron chi connectivity index (χ1n) is 7.42. The molecule has 4 heteroatoms. The van der Waals surface area contributed by atoms with Crippen molar-refractivity contribution in [2.75, 3.05) is 26.2 Å². The van der Waals surface area contributed by atoms with E-state index in [1.54, 1.807) is 0 Å². The molecule has 21 heavy (non-hydrogen) atoms. The maximum absolute atomic E-state index is 12.3. The molecule has 2 rings (SSSR count). The molecule has 0 atom stereocenters. The maximum Gasteiger partial charge on any atom is 0.227 e. The minimum Gasteiger partial charge on any atom is -0.340 e. The molecule has 0 unspecified atom stereocenters. The van der Waals surface area contributed by atoms with Crippen molar-refractivity contribution in [1.29, 1.82) is 5.26 Å². The molecule has 1 amide bonds.